The third kappa shape index (κ3) is 3.14. The van der Waals surface area contributed by atoms with Crippen LogP contribution in [0.5, 0.6) is 0 Å². The van der Waals surface area contributed by atoms with E-state index in [0.717, 1.165) is 12.3 Å². The van der Waals surface area contributed by atoms with Gasteiger partial charge in [0.05, 0.1) is 9.82 Å². The molecule has 2 rings (SSSR count). The Balaban J connectivity index is 2.60. The van der Waals surface area contributed by atoms with Crippen molar-refractivity contribution in [3.8, 4) is 0 Å². The topological polar surface area (TPSA) is 94.3 Å². The lowest BCUT2D eigenvalue weighted by molar-refractivity contribution is -0.385. The molecule has 108 valence electrons. The quantitative estimate of drug-likeness (QED) is 0.490. The Kier molecular flexibility index (Phi) is 3.86. The zero-order chi connectivity index (χ0) is 15.6. The Morgan fingerprint density at radius 1 is 1.10 bits per heavy atom. The van der Waals surface area contributed by atoms with E-state index >= 15 is 0 Å². The molecule has 0 aliphatic heterocycles. The maximum Gasteiger partial charge on any atom is 0.281 e. The van der Waals surface area contributed by atoms with Gasteiger partial charge in [0, 0.05) is 17.9 Å². The normalized spacial score (nSPS) is 11.1. The van der Waals surface area contributed by atoms with Crippen LogP contribution in [0.25, 0.3) is 0 Å². The average molecular weight is 305 g/mol. The fraction of sp³-hybridized carbons (Fsp3) is 0.0714. The summed E-state index contributed by atoms with van der Waals surface area (Å²) in [4.78, 5) is 22.4. The van der Waals surface area contributed by atoms with Gasteiger partial charge in [0.1, 0.15) is 5.56 Å². The van der Waals surface area contributed by atoms with Crippen LogP contribution in [0.15, 0.2) is 53.4 Å². The highest BCUT2D eigenvalue weighted by Crippen LogP contribution is 2.25. The lowest BCUT2D eigenvalue weighted by atomic mass is 10.0. The van der Waals surface area contributed by atoms with Gasteiger partial charge in [-0.3, -0.25) is 14.9 Å². The van der Waals surface area contributed by atoms with Crippen LogP contribution in [0.2, 0.25) is 0 Å². The number of benzene rings is 2. The molecule has 0 atom stereocenters. The van der Waals surface area contributed by atoms with Crippen molar-refractivity contribution < 1.29 is 18.1 Å². The molecule has 2 aromatic carbocycles. The van der Waals surface area contributed by atoms with Gasteiger partial charge in [-0.05, 0) is 12.1 Å². The van der Waals surface area contributed by atoms with Gasteiger partial charge in [0.15, 0.2) is 15.6 Å². The van der Waals surface area contributed by atoms with Crippen molar-refractivity contribution in [1.82, 2.24) is 0 Å². The van der Waals surface area contributed by atoms with Crippen LogP contribution in [-0.2, 0) is 9.84 Å². The van der Waals surface area contributed by atoms with Crippen molar-refractivity contribution in [3.05, 3.63) is 69.8 Å². The van der Waals surface area contributed by atoms with Gasteiger partial charge in [-0.25, -0.2) is 8.42 Å². The number of carbonyl (C=O) groups excluding carboxylic acids is 1. The summed E-state index contributed by atoms with van der Waals surface area (Å²) >= 11 is 0. The second-order valence-electron chi connectivity index (χ2n) is 4.40. The van der Waals surface area contributed by atoms with Gasteiger partial charge in [0.25, 0.3) is 5.69 Å². The van der Waals surface area contributed by atoms with E-state index in [1.165, 1.54) is 24.3 Å². The fourth-order valence-electron chi connectivity index (χ4n) is 1.83. The highest BCUT2D eigenvalue weighted by atomic mass is 32.2. The maximum absolute atomic E-state index is 12.3. The van der Waals surface area contributed by atoms with E-state index in [4.69, 9.17) is 0 Å². The molecule has 0 heterocycles. The summed E-state index contributed by atoms with van der Waals surface area (Å²) in [6, 6.07) is 11.4. The molecule has 2 aromatic rings. The summed E-state index contributed by atoms with van der Waals surface area (Å²) in [6.45, 7) is 0. The molecule has 0 unspecified atom stereocenters. The van der Waals surface area contributed by atoms with Crippen LogP contribution in [-0.4, -0.2) is 25.4 Å². The standard InChI is InChI=1S/C14H11NO5S/c1-21(19,20)11-7-8-12(13(9-11)15(17)18)14(16)10-5-3-2-4-6-10/h2-9H,1H3. The zero-order valence-electron chi connectivity index (χ0n) is 11.0. The van der Waals surface area contributed by atoms with Gasteiger partial charge in [-0.1, -0.05) is 30.3 Å². The van der Waals surface area contributed by atoms with Crippen LogP contribution in [0, 0.1) is 10.1 Å². The summed E-state index contributed by atoms with van der Waals surface area (Å²) in [5.41, 5.74) is -0.363. The first-order valence-corrected chi connectivity index (χ1v) is 7.78. The highest BCUT2D eigenvalue weighted by Gasteiger charge is 2.23. The third-order valence-electron chi connectivity index (χ3n) is 2.87. The van der Waals surface area contributed by atoms with Gasteiger partial charge < -0.3 is 0 Å². The van der Waals surface area contributed by atoms with Crippen LogP contribution >= 0.6 is 0 Å². The summed E-state index contributed by atoms with van der Waals surface area (Å²) in [6.07, 6.45) is 0.949. The Labute approximate surface area is 121 Å². The van der Waals surface area contributed by atoms with Crippen LogP contribution in [0.4, 0.5) is 5.69 Å². The van der Waals surface area contributed by atoms with Crippen molar-refractivity contribution in [2.75, 3.05) is 6.26 Å². The van der Waals surface area contributed by atoms with Gasteiger partial charge in [-0.2, -0.15) is 0 Å². The minimum absolute atomic E-state index is 0.140. The predicted octanol–water partition coefficient (Wildman–Crippen LogP) is 2.23. The fourth-order valence-corrected chi connectivity index (χ4v) is 2.47. The van der Waals surface area contributed by atoms with Crippen molar-refractivity contribution in [1.29, 1.82) is 0 Å². The number of nitro benzene ring substituents is 1. The molecule has 21 heavy (non-hydrogen) atoms. The second kappa shape index (κ2) is 5.45. The van der Waals surface area contributed by atoms with E-state index < -0.39 is 26.2 Å². The monoisotopic (exact) mass is 305 g/mol. The van der Waals surface area contributed by atoms with Gasteiger partial charge in [0.2, 0.25) is 0 Å². The smallest absolute Gasteiger partial charge is 0.281 e. The van der Waals surface area contributed by atoms with E-state index in [-0.39, 0.29) is 10.5 Å². The molecule has 0 radical (unpaired) electrons. The first-order valence-electron chi connectivity index (χ1n) is 5.89. The molecule has 0 aromatic heterocycles. The number of hydrogen-bond donors (Lipinski definition) is 0. The van der Waals surface area contributed by atoms with Gasteiger partial charge in [-0.15, -0.1) is 0 Å². The summed E-state index contributed by atoms with van der Waals surface area (Å²) in [5, 5.41) is 11.1. The van der Waals surface area contributed by atoms with Gasteiger partial charge >= 0.3 is 0 Å². The lowest BCUT2D eigenvalue weighted by Gasteiger charge is -2.04. The number of ketones is 1. The molecule has 0 aliphatic carbocycles. The second-order valence-corrected chi connectivity index (χ2v) is 6.42. The predicted molar refractivity (Wildman–Crippen MR) is 76.1 cm³/mol. The SMILES string of the molecule is CS(=O)(=O)c1ccc(C(=O)c2ccccc2)c([N+](=O)[O-])c1. The lowest BCUT2D eigenvalue weighted by Crippen LogP contribution is -2.07. The molecular weight excluding hydrogens is 294 g/mol. The van der Waals surface area contributed by atoms with Crippen LogP contribution < -0.4 is 0 Å². The minimum Gasteiger partial charge on any atom is -0.288 e. The van der Waals surface area contributed by atoms with Crippen LogP contribution in [0.3, 0.4) is 0 Å². The molecule has 7 heteroatoms. The van der Waals surface area contributed by atoms with Crippen molar-refractivity contribution >= 4 is 21.3 Å². The number of hydrogen-bond acceptors (Lipinski definition) is 5. The number of carbonyl (C=O) groups is 1. The van der Waals surface area contributed by atoms with Crippen LogP contribution in [0.1, 0.15) is 15.9 Å². The Hall–Kier alpha value is -2.54. The van der Waals surface area contributed by atoms with Crippen molar-refractivity contribution in [2.45, 2.75) is 4.90 Å². The summed E-state index contributed by atoms with van der Waals surface area (Å²) in [5.74, 6) is -0.526. The Bertz CT molecular complexity index is 813. The van der Waals surface area contributed by atoms with E-state index in [1.807, 2.05) is 0 Å². The molecular formula is C14H11NO5S. The first-order chi connectivity index (χ1) is 9.80. The van der Waals surface area contributed by atoms with E-state index in [2.05, 4.69) is 0 Å². The molecule has 0 amide bonds. The Morgan fingerprint density at radius 3 is 2.24 bits per heavy atom. The molecule has 0 saturated heterocycles. The Morgan fingerprint density at radius 2 is 1.71 bits per heavy atom. The molecule has 0 spiro atoms. The highest BCUT2D eigenvalue weighted by molar-refractivity contribution is 7.90. The molecule has 0 bridgehead atoms. The molecule has 6 nitrogen and oxygen atoms in total. The maximum atomic E-state index is 12.3. The van der Waals surface area contributed by atoms with E-state index in [0.29, 0.717) is 5.56 Å². The summed E-state index contributed by atoms with van der Waals surface area (Å²) in [7, 11) is -3.58. The minimum atomic E-state index is -3.58. The number of sulfone groups is 1. The van der Waals surface area contributed by atoms with E-state index in [9.17, 15) is 23.3 Å². The number of nitrogens with zero attached hydrogens (tertiary/aromatic N) is 1. The summed E-state index contributed by atoms with van der Waals surface area (Å²) < 4.78 is 22.9. The molecule has 0 fully saturated rings. The van der Waals surface area contributed by atoms with Crippen molar-refractivity contribution in [2.24, 2.45) is 0 Å². The molecule has 0 N–H and O–H groups in total. The van der Waals surface area contributed by atoms with E-state index in [1.54, 1.807) is 18.2 Å². The number of nitro groups is 1. The zero-order valence-corrected chi connectivity index (χ0v) is 11.8. The molecule has 0 aliphatic rings. The van der Waals surface area contributed by atoms with Crippen molar-refractivity contribution in [3.63, 3.8) is 0 Å². The largest absolute Gasteiger partial charge is 0.288 e. The first kappa shape index (κ1) is 14.9. The average Bonchev–Trinajstić information content (AvgIpc) is 2.45. The third-order valence-corrected chi connectivity index (χ3v) is 3.98. The number of rotatable bonds is 4. The molecule has 0 saturated carbocycles.